The van der Waals surface area contributed by atoms with Gasteiger partial charge in [0, 0.05) is 29.9 Å². The molecule has 0 bridgehead atoms. The van der Waals surface area contributed by atoms with Crippen LogP contribution in [0.3, 0.4) is 0 Å². The first kappa shape index (κ1) is 23.8. The van der Waals surface area contributed by atoms with E-state index >= 15 is 0 Å². The van der Waals surface area contributed by atoms with Gasteiger partial charge in [-0.05, 0) is 23.8 Å². The smallest absolute Gasteiger partial charge is 0.254 e. The minimum atomic E-state index is -0.398. The predicted molar refractivity (Wildman–Crippen MR) is 141 cm³/mol. The Morgan fingerprint density at radius 3 is 2.45 bits per heavy atom. The fourth-order valence-electron chi connectivity index (χ4n) is 4.49. The zero-order valence-electron chi connectivity index (χ0n) is 20.6. The lowest BCUT2D eigenvalue weighted by Gasteiger charge is -2.37. The van der Waals surface area contributed by atoms with Crippen molar-refractivity contribution in [3.05, 3.63) is 83.6 Å². The highest BCUT2D eigenvalue weighted by molar-refractivity contribution is 6.15. The van der Waals surface area contributed by atoms with Crippen LogP contribution >= 0.6 is 0 Å². The zero-order chi connectivity index (χ0) is 25.9. The number of nitrogens with one attached hydrogen (secondary N) is 2. The molecule has 0 spiro atoms. The third-order valence-corrected chi connectivity index (χ3v) is 6.37. The summed E-state index contributed by atoms with van der Waals surface area (Å²) in [5.41, 5.74) is 3.45. The average molecular weight is 511 g/mol. The first-order valence-electron chi connectivity index (χ1n) is 12.4. The Hall–Kier alpha value is -4.61. The number of carbonyl (C=O) groups excluding carboxylic acids is 2. The van der Waals surface area contributed by atoms with Gasteiger partial charge in [-0.2, -0.15) is 19.6 Å². The van der Waals surface area contributed by atoms with E-state index in [1.54, 1.807) is 16.8 Å². The molecule has 2 aliphatic rings. The van der Waals surface area contributed by atoms with E-state index in [0.717, 1.165) is 11.3 Å². The van der Waals surface area contributed by atoms with Crippen LogP contribution in [0.25, 0.3) is 11.7 Å². The fraction of sp³-hybridized carbons (Fsp3) is 0.222. The highest BCUT2D eigenvalue weighted by Crippen LogP contribution is 2.25. The van der Waals surface area contributed by atoms with E-state index in [0.29, 0.717) is 61.5 Å². The molecule has 11 heteroatoms. The molecule has 2 aromatic heterocycles. The van der Waals surface area contributed by atoms with Crippen molar-refractivity contribution < 1.29 is 14.3 Å². The van der Waals surface area contributed by atoms with Crippen LogP contribution in [0, 0.1) is 0 Å². The summed E-state index contributed by atoms with van der Waals surface area (Å²) in [6.45, 7) is 3.16. The number of imide groups is 1. The van der Waals surface area contributed by atoms with Gasteiger partial charge in [-0.25, -0.2) is 5.01 Å². The minimum absolute atomic E-state index is 0.0249. The molecule has 4 aromatic rings. The van der Waals surface area contributed by atoms with Gasteiger partial charge in [-0.15, -0.1) is 0 Å². The molecule has 2 aromatic carbocycles. The van der Waals surface area contributed by atoms with E-state index in [1.165, 1.54) is 0 Å². The maximum atomic E-state index is 12.2. The molecular weight excluding hydrogens is 484 g/mol. The number of morpholine rings is 1. The number of rotatable bonds is 7. The van der Waals surface area contributed by atoms with Gasteiger partial charge in [0.15, 0.2) is 5.65 Å². The lowest BCUT2D eigenvalue weighted by Crippen LogP contribution is -2.49. The summed E-state index contributed by atoms with van der Waals surface area (Å²) in [6.07, 6.45) is 3.32. The van der Waals surface area contributed by atoms with Crippen LogP contribution in [0.15, 0.2) is 72.4 Å². The quantitative estimate of drug-likeness (QED) is 0.286. The summed E-state index contributed by atoms with van der Waals surface area (Å²) in [5.74, 6) is 0.235. The number of ether oxygens (including phenoxy) is 1. The van der Waals surface area contributed by atoms with Crippen LogP contribution in [-0.2, 0) is 20.9 Å². The largest absolute Gasteiger partial charge is 0.379 e. The number of hydrogen-bond acceptors (Lipinski definition) is 9. The van der Waals surface area contributed by atoms with Gasteiger partial charge < -0.3 is 10.1 Å². The number of nitrogens with zero attached hydrogens (tertiary/aromatic N) is 6. The number of hydrazine groups is 1. The van der Waals surface area contributed by atoms with Crippen molar-refractivity contribution >= 4 is 41.1 Å². The molecule has 0 radical (unpaired) electrons. The highest BCUT2D eigenvalue weighted by atomic mass is 16.5. The molecule has 192 valence electrons. The lowest BCUT2D eigenvalue weighted by atomic mass is 10.1. The number of fused-ring (bicyclic) bond motifs is 1. The number of benzene rings is 2. The Kier molecular flexibility index (Phi) is 6.51. The summed E-state index contributed by atoms with van der Waals surface area (Å²) >= 11 is 0. The van der Waals surface area contributed by atoms with Crippen LogP contribution in [0.4, 0.5) is 17.6 Å². The summed E-state index contributed by atoms with van der Waals surface area (Å²) < 4.78 is 7.21. The molecule has 0 unspecified atom stereocenters. The number of aromatic nitrogens is 4. The van der Waals surface area contributed by atoms with Gasteiger partial charge >= 0.3 is 0 Å². The average Bonchev–Trinajstić information content (AvgIpc) is 3.50. The van der Waals surface area contributed by atoms with Gasteiger partial charge in [0.05, 0.1) is 32.4 Å². The van der Waals surface area contributed by atoms with Crippen LogP contribution in [0.2, 0.25) is 0 Å². The van der Waals surface area contributed by atoms with Gasteiger partial charge in [-0.3, -0.25) is 19.9 Å². The molecule has 2 aliphatic heterocycles. The van der Waals surface area contributed by atoms with Crippen molar-refractivity contribution in [2.75, 3.05) is 36.6 Å². The van der Waals surface area contributed by atoms with E-state index in [9.17, 15) is 9.59 Å². The molecule has 4 heterocycles. The van der Waals surface area contributed by atoms with E-state index in [4.69, 9.17) is 14.7 Å². The zero-order valence-corrected chi connectivity index (χ0v) is 20.6. The minimum Gasteiger partial charge on any atom is -0.379 e. The fourth-order valence-corrected chi connectivity index (χ4v) is 4.49. The van der Waals surface area contributed by atoms with Gasteiger partial charge in [0.2, 0.25) is 17.8 Å². The van der Waals surface area contributed by atoms with Crippen LogP contribution in [0.1, 0.15) is 17.5 Å². The number of anilines is 3. The second-order valence-electron chi connectivity index (χ2n) is 9.01. The van der Waals surface area contributed by atoms with Crippen molar-refractivity contribution in [3.63, 3.8) is 0 Å². The number of carbonyl (C=O) groups is 2. The Morgan fingerprint density at radius 1 is 1.00 bits per heavy atom. The normalized spacial score (nSPS) is 17.2. The molecule has 0 aliphatic carbocycles. The van der Waals surface area contributed by atoms with Crippen molar-refractivity contribution in [2.45, 2.75) is 13.0 Å². The first-order chi connectivity index (χ1) is 18.6. The molecule has 38 heavy (non-hydrogen) atoms. The molecular formula is C27H26N8O3. The Labute approximate surface area is 218 Å². The summed E-state index contributed by atoms with van der Waals surface area (Å²) in [4.78, 5) is 33.8. The molecule has 2 saturated heterocycles. The number of hydrogen-bond donors (Lipinski definition) is 2. The SMILES string of the molecule is O=C1C/C(=C\c2cnn3c(Nc4ccccc4)nc(N(Cc4ccccc4)N4CCOCC4)nc23)C(=O)N1. The Bertz CT molecular complexity index is 1500. The maximum Gasteiger partial charge on any atom is 0.254 e. The molecule has 0 atom stereocenters. The van der Waals surface area contributed by atoms with Gasteiger partial charge in [0.1, 0.15) is 0 Å². The van der Waals surface area contributed by atoms with Crippen molar-refractivity contribution in [3.8, 4) is 0 Å². The van der Waals surface area contributed by atoms with Crippen LogP contribution in [-0.4, -0.2) is 62.7 Å². The third-order valence-electron chi connectivity index (χ3n) is 6.37. The molecule has 6 rings (SSSR count). The monoisotopic (exact) mass is 510 g/mol. The van der Waals surface area contributed by atoms with E-state index in [1.807, 2.05) is 48.5 Å². The number of amides is 2. The molecule has 0 saturated carbocycles. The number of para-hydroxylation sites is 1. The van der Waals surface area contributed by atoms with Crippen LogP contribution in [0.5, 0.6) is 0 Å². The topological polar surface area (TPSA) is 117 Å². The highest BCUT2D eigenvalue weighted by Gasteiger charge is 2.26. The Balaban J connectivity index is 1.48. The van der Waals surface area contributed by atoms with Crippen LogP contribution < -0.4 is 15.6 Å². The first-order valence-corrected chi connectivity index (χ1v) is 12.4. The lowest BCUT2D eigenvalue weighted by molar-refractivity contribution is -0.124. The summed E-state index contributed by atoms with van der Waals surface area (Å²) in [6, 6.07) is 19.8. The third kappa shape index (κ3) is 4.97. The van der Waals surface area contributed by atoms with Crippen molar-refractivity contribution in [1.82, 2.24) is 29.9 Å². The predicted octanol–water partition coefficient (Wildman–Crippen LogP) is 2.55. The second kappa shape index (κ2) is 10.4. The standard InChI is InChI=1S/C27H26N8O3/c36-23-16-20(25(37)30-23)15-21-17-28-35-24(21)31-26(32-27(35)29-22-9-5-2-6-10-22)34(33-11-13-38-14-12-33)18-19-7-3-1-4-8-19/h1-10,15,17H,11-14,16,18H2,(H,29,31,32)(H,30,36,37)/b20-15+. The van der Waals surface area contributed by atoms with Gasteiger partial charge in [-0.1, -0.05) is 48.5 Å². The van der Waals surface area contributed by atoms with E-state index in [-0.39, 0.29) is 12.3 Å². The molecule has 11 nitrogen and oxygen atoms in total. The second-order valence-corrected chi connectivity index (χ2v) is 9.01. The summed E-state index contributed by atoms with van der Waals surface area (Å²) in [5, 5.41) is 14.4. The summed E-state index contributed by atoms with van der Waals surface area (Å²) in [7, 11) is 0. The molecule has 2 N–H and O–H groups in total. The molecule has 2 fully saturated rings. The molecule has 2 amide bonds. The van der Waals surface area contributed by atoms with E-state index in [2.05, 4.69) is 37.9 Å². The van der Waals surface area contributed by atoms with Crippen molar-refractivity contribution in [1.29, 1.82) is 0 Å². The van der Waals surface area contributed by atoms with Crippen molar-refractivity contribution in [2.24, 2.45) is 0 Å². The van der Waals surface area contributed by atoms with Gasteiger partial charge in [0.25, 0.3) is 5.91 Å². The van der Waals surface area contributed by atoms with E-state index < -0.39 is 5.91 Å². The maximum absolute atomic E-state index is 12.2. The Morgan fingerprint density at radius 2 is 1.74 bits per heavy atom.